The summed E-state index contributed by atoms with van der Waals surface area (Å²) in [5, 5.41) is 9.74. The predicted octanol–water partition coefficient (Wildman–Crippen LogP) is 3.94. The summed E-state index contributed by atoms with van der Waals surface area (Å²) < 4.78 is 5.66. The molecule has 2 aromatic rings. The van der Waals surface area contributed by atoms with Crippen LogP contribution in [-0.4, -0.2) is 31.1 Å². The summed E-state index contributed by atoms with van der Waals surface area (Å²) in [6.45, 7) is 9.16. The third kappa shape index (κ3) is 8.01. The molecule has 0 saturated heterocycles. The van der Waals surface area contributed by atoms with Gasteiger partial charge in [-0.3, -0.25) is 4.99 Å². The number of ether oxygens (including phenoxy) is 1. The minimum Gasteiger partial charge on any atom is -0.375 e. The number of halogens is 1. The van der Waals surface area contributed by atoms with E-state index in [-0.39, 0.29) is 29.4 Å². The standard InChI is InChI=1S/C19H28N4OS.HI/c1-19(2,3)16-14-25-17(23-16)12-22-18(20-4)21-10-11-24-13-15-8-6-5-7-9-15;/h5-9,14H,10-13H2,1-4H3,(H2,20,21,22);1H. The third-order valence-electron chi connectivity index (χ3n) is 3.60. The molecular formula is C19H29IN4OS. The number of rotatable bonds is 7. The van der Waals surface area contributed by atoms with E-state index in [4.69, 9.17) is 4.74 Å². The first-order chi connectivity index (χ1) is 12.0. The Kier molecular flexibility index (Phi) is 10.1. The van der Waals surface area contributed by atoms with Crippen molar-refractivity contribution in [3.05, 3.63) is 52.0 Å². The first-order valence-electron chi connectivity index (χ1n) is 8.50. The number of nitrogens with zero attached hydrogens (tertiary/aromatic N) is 2. The van der Waals surface area contributed by atoms with Gasteiger partial charge >= 0.3 is 0 Å². The van der Waals surface area contributed by atoms with Gasteiger partial charge in [0.15, 0.2) is 5.96 Å². The molecule has 2 N–H and O–H groups in total. The summed E-state index contributed by atoms with van der Waals surface area (Å²) in [4.78, 5) is 8.91. The smallest absolute Gasteiger partial charge is 0.191 e. The molecule has 144 valence electrons. The molecule has 0 fully saturated rings. The van der Waals surface area contributed by atoms with Gasteiger partial charge in [0.1, 0.15) is 5.01 Å². The van der Waals surface area contributed by atoms with E-state index in [9.17, 15) is 0 Å². The van der Waals surface area contributed by atoms with Crippen molar-refractivity contribution in [2.24, 2.45) is 4.99 Å². The lowest BCUT2D eigenvalue weighted by molar-refractivity contribution is 0.125. The number of guanidine groups is 1. The van der Waals surface area contributed by atoms with Gasteiger partial charge in [0.2, 0.25) is 0 Å². The summed E-state index contributed by atoms with van der Waals surface area (Å²) in [6.07, 6.45) is 0. The van der Waals surface area contributed by atoms with Gasteiger partial charge in [0, 0.05) is 24.4 Å². The fourth-order valence-corrected chi connectivity index (χ4v) is 3.08. The Bertz CT molecular complexity index is 668. The number of benzene rings is 1. The first-order valence-corrected chi connectivity index (χ1v) is 9.38. The molecule has 26 heavy (non-hydrogen) atoms. The largest absolute Gasteiger partial charge is 0.375 e. The Hall–Kier alpha value is -1.19. The van der Waals surface area contributed by atoms with Gasteiger partial charge in [-0.15, -0.1) is 35.3 Å². The summed E-state index contributed by atoms with van der Waals surface area (Å²) in [7, 11) is 1.77. The number of aromatic nitrogens is 1. The molecule has 7 heteroatoms. The van der Waals surface area contributed by atoms with Crippen LogP contribution in [0.2, 0.25) is 0 Å². The Morgan fingerprint density at radius 2 is 1.92 bits per heavy atom. The van der Waals surface area contributed by atoms with Crippen LogP contribution < -0.4 is 10.6 Å². The SMILES string of the molecule is CN=C(NCCOCc1ccccc1)NCc1nc(C(C)(C)C)cs1.I. The van der Waals surface area contributed by atoms with Gasteiger partial charge in [0.25, 0.3) is 0 Å². The van der Waals surface area contributed by atoms with E-state index in [0.717, 1.165) is 16.7 Å². The normalized spacial score (nSPS) is 11.8. The first kappa shape index (κ1) is 22.9. The molecule has 0 radical (unpaired) electrons. The highest BCUT2D eigenvalue weighted by molar-refractivity contribution is 14.0. The van der Waals surface area contributed by atoms with E-state index in [1.54, 1.807) is 18.4 Å². The van der Waals surface area contributed by atoms with Crippen molar-refractivity contribution in [1.29, 1.82) is 0 Å². The molecule has 0 spiro atoms. The molecule has 0 aliphatic heterocycles. The van der Waals surface area contributed by atoms with Gasteiger partial charge in [-0.05, 0) is 5.56 Å². The monoisotopic (exact) mass is 488 g/mol. The van der Waals surface area contributed by atoms with E-state index in [1.165, 1.54) is 5.56 Å². The zero-order valence-electron chi connectivity index (χ0n) is 15.9. The molecule has 0 amide bonds. The van der Waals surface area contributed by atoms with Crippen LogP contribution in [0.5, 0.6) is 0 Å². The molecule has 1 aromatic heterocycles. The molecule has 0 unspecified atom stereocenters. The lowest BCUT2D eigenvalue weighted by Crippen LogP contribution is -2.38. The zero-order chi connectivity index (χ0) is 18.1. The molecule has 0 bridgehead atoms. The van der Waals surface area contributed by atoms with Crippen LogP contribution in [0.25, 0.3) is 0 Å². The van der Waals surface area contributed by atoms with Crippen LogP contribution in [-0.2, 0) is 23.3 Å². The number of thiazole rings is 1. The van der Waals surface area contributed by atoms with Crippen molar-refractivity contribution >= 4 is 41.3 Å². The van der Waals surface area contributed by atoms with E-state index < -0.39 is 0 Å². The Balaban J connectivity index is 0.00000338. The highest BCUT2D eigenvalue weighted by Crippen LogP contribution is 2.23. The molecule has 1 heterocycles. The van der Waals surface area contributed by atoms with Crippen molar-refractivity contribution in [2.75, 3.05) is 20.2 Å². The van der Waals surface area contributed by atoms with Crippen LogP contribution in [0.4, 0.5) is 0 Å². The van der Waals surface area contributed by atoms with Crippen LogP contribution >= 0.6 is 35.3 Å². The highest BCUT2D eigenvalue weighted by atomic mass is 127. The second-order valence-corrected chi connectivity index (χ2v) is 7.71. The Labute approximate surface area is 177 Å². The third-order valence-corrected chi connectivity index (χ3v) is 4.45. The summed E-state index contributed by atoms with van der Waals surface area (Å²) >= 11 is 1.68. The van der Waals surface area contributed by atoms with Gasteiger partial charge in [-0.1, -0.05) is 51.1 Å². The van der Waals surface area contributed by atoms with Crippen LogP contribution in [0.3, 0.4) is 0 Å². The molecule has 0 atom stereocenters. The summed E-state index contributed by atoms with van der Waals surface area (Å²) in [5.41, 5.74) is 2.40. The van der Waals surface area contributed by atoms with Gasteiger partial charge in [-0.25, -0.2) is 4.98 Å². The predicted molar refractivity (Wildman–Crippen MR) is 121 cm³/mol. The molecule has 2 rings (SSSR count). The van der Waals surface area contributed by atoms with Crippen molar-refractivity contribution in [3.63, 3.8) is 0 Å². The number of hydrogen-bond donors (Lipinski definition) is 2. The van der Waals surface area contributed by atoms with Crippen molar-refractivity contribution in [3.8, 4) is 0 Å². The highest BCUT2D eigenvalue weighted by Gasteiger charge is 2.17. The lowest BCUT2D eigenvalue weighted by Gasteiger charge is -2.14. The minimum absolute atomic E-state index is 0. The average molecular weight is 488 g/mol. The lowest BCUT2D eigenvalue weighted by atomic mass is 9.93. The molecule has 5 nitrogen and oxygen atoms in total. The number of nitrogens with one attached hydrogen (secondary N) is 2. The van der Waals surface area contributed by atoms with Crippen molar-refractivity contribution < 1.29 is 4.74 Å². The quantitative estimate of drug-likeness (QED) is 0.268. The topological polar surface area (TPSA) is 58.5 Å². The molecule has 0 saturated carbocycles. The molecule has 0 aliphatic rings. The van der Waals surface area contributed by atoms with E-state index in [1.807, 2.05) is 18.2 Å². The van der Waals surface area contributed by atoms with Crippen molar-refractivity contribution in [1.82, 2.24) is 15.6 Å². The van der Waals surface area contributed by atoms with Gasteiger partial charge < -0.3 is 15.4 Å². The number of aliphatic imine (C=N–C) groups is 1. The van der Waals surface area contributed by atoms with Gasteiger partial charge in [-0.2, -0.15) is 0 Å². The van der Waals surface area contributed by atoms with Crippen molar-refractivity contribution in [2.45, 2.75) is 39.3 Å². The van der Waals surface area contributed by atoms with E-state index in [2.05, 4.69) is 58.9 Å². The molecule has 0 aliphatic carbocycles. The minimum atomic E-state index is 0. The number of hydrogen-bond acceptors (Lipinski definition) is 4. The fourth-order valence-electron chi connectivity index (χ4n) is 2.12. The van der Waals surface area contributed by atoms with E-state index in [0.29, 0.717) is 26.3 Å². The zero-order valence-corrected chi connectivity index (χ0v) is 19.1. The van der Waals surface area contributed by atoms with E-state index >= 15 is 0 Å². The maximum atomic E-state index is 5.66. The van der Waals surface area contributed by atoms with Crippen LogP contribution in [0.15, 0.2) is 40.7 Å². The van der Waals surface area contributed by atoms with Crippen LogP contribution in [0.1, 0.15) is 37.0 Å². The average Bonchev–Trinajstić information content (AvgIpc) is 3.07. The van der Waals surface area contributed by atoms with Crippen LogP contribution in [0, 0.1) is 0 Å². The summed E-state index contributed by atoms with van der Waals surface area (Å²) in [6, 6.07) is 10.2. The second-order valence-electron chi connectivity index (χ2n) is 6.77. The van der Waals surface area contributed by atoms with Gasteiger partial charge in [0.05, 0.1) is 25.5 Å². The maximum Gasteiger partial charge on any atom is 0.191 e. The fraction of sp³-hybridized carbons (Fsp3) is 0.474. The Morgan fingerprint density at radius 1 is 1.19 bits per heavy atom. The molecular weight excluding hydrogens is 459 g/mol. The summed E-state index contributed by atoms with van der Waals surface area (Å²) in [5.74, 6) is 0.760. The second kappa shape index (κ2) is 11.5. The Morgan fingerprint density at radius 3 is 2.54 bits per heavy atom. The molecule has 1 aromatic carbocycles. The maximum absolute atomic E-state index is 5.66.